The lowest BCUT2D eigenvalue weighted by molar-refractivity contribution is -0.133. The highest BCUT2D eigenvalue weighted by Crippen LogP contribution is 2.46. The van der Waals surface area contributed by atoms with Gasteiger partial charge in [0.15, 0.2) is 0 Å². The quantitative estimate of drug-likeness (QED) is 0.510. The molecule has 0 bridgehead atoms. The molecule has 0 saturated carbocycles. The second-order valence-corrected chi connectivity index (χ2v) is 5.41. The largest absolute Gasteiger partial charge is 0.508 e. The van der Waals surface area contributed by atoms with Gasteiger partial charge >= 0.3 is 0 Å². The Morgan fingerprint density at radius 2 is 1.92 bits per heavy atom. The molecule has 1 heterocycles. The maximum Gasteiger partial charge on any atom is 0.246 e. The Kier molecular flexibility index (Phi) is 3.96. The molecule has 1 atom stereocenters. The van der Waals surface area contributed by atoms with Crippen LogP contribution in [0.2, 0.25) is 0 Å². The van der Waals surface area contributed by atoms with E-state index in [-0.39, 0.29) is 22.6 Å². The van der Waals surface area contributed by atoms with Crippen LogP contribution in [-0.4, -0.2) is 21.3 Å². The summed E-state index contributed by atoms with van der Waals surface area (Å²) < 4.78 is 19.1. The minimum atomic E-state index is -1.92. The van der Waals surface area contributed by atoms with Gasteiger partial charge in [0.05, 0.1) is 12.7 Å². The summed E-state index contributed by atoms with van der Waals surface area (Å²) in [6, 6.07) is 9.45. The van der Waals surface area contributed by atoms with Crippen molar-refractivity contribution in [1.29, 1.82) is 0 Å². The van der Waals surface area contributed by atoms with E-state index in [4.69, 9.17) is 9.94 Å². The molecule has 0 radical (unpaired) electrons. The Hall–Kier alpha value is -2.90. The van der Waals surface area contributed by atoms with E-state index < -0.39 is 23.7 Å². The van der Waals surface area contributed by atoms with Crippen LogP contribution in [0.3, 0.4) is 0 Å². The normalized spacial score (nSPS) is 19.0. The van der Waals surface area contributed by atoms with Crippen LogP contribution in [0, 0.1) is 5.82 Å². The molecule has 124 valence electrons. The van der Waals surface area contributed by atoms with Crippen molar-refractivity contribution in [3.8, 4) is 11.5 Å². The lowest BCUT2D eigenvalue weighted by Crippen LogP contribution is -2.37. The lowest BCUT2D eigenvalue weighted by atomic mass is 9.78. The molecule has 0 saturated heterocycles. The predicted molar refractivity (Wildman–Crippen MR) is 81.6 cm³/mol. The van der Waals surface area contributed by atoms with E-state index in [1.165, 1.54) is 48.1 Å². The van der Waals surface area contributed by atoms with Gasteiger partial charge in [0.1, 0.15) is 22.9 Å². The molecule has 4 N–H and O–H groups in total. The number of aromatic hydroxyl groups is 1. The molecule has 0 aliphatic carbocycles. The summed E-state index contributed by atoms with van der Waals surface area (Å²) in [5, 5.41) is 29.4. The third-order valence-corrected chi connectivity index (χ3v) is 3.86. The number of carbonyl (C=O) groups excluding carboxylic acids is 1. The molecule has 2 aromatic rings. The fourth-order valence-corrected chi connectivity index (χ4v) is 2.70. The highest BCUT2D eigenvalue weighted by Gasteiger charge is 2.42. The van der Waals surface area contributed by atoms with E-state index in [1.807, 2.05) is 0 Å². The Morgan fingerprint density at radius 1 is 1.21 bits per heavy atom. The molecule has 2 aromatic carbocycles. The molecule has 1 unspecified atom stereocenters. The molecule has 7 heteroatoms. The molecular formula is C17H14FNO5. The second kappa shape index (κ2) is 5.95. The number of carbonyl (C=O) groups is 1. The van der Waals surface area contributed by atoms with Crippen molar-refractivity contribution in [2.24, 2.45) is 0 Å². The smallest absolute Gasteiger partial charge is 0.246 e. The van der Waals surface area contributed by atoms with Crippen LogP contribution in [-0.2, 0) is 10.4 Å². The molecule has 0 aromatic heterocycles. The van der Waals surface area contributed by atoms with Crippen molar-refractivity contribution in [3.63, 3.8) is 0 Å². The number of aliphatic hydroxyl groups is 1. The maximum atomic E-state index is 13.7. The van der Waals surface area contributed by atoms with Gasteiger partial charge in [-0.1, -0.05) is 12.1 Å². The van der Waals surface area contributed by atoms with E-state index in [1.54, 1.807) is 0 Å². The van der Waals surface area contributed by atoms with Gasteiger partial charge < -0.3 is 14.9 Å². The summed E-state index contributed by atoms with van der Waals surface area (Å²) in [5.74, 6) is -1.22. The Morgan fingerprint density at radius 3 is 2.58 bits per heavy atom. The molecule has 24 heavy (non-hydrogen) atoms. The van der Waals surface area contributed by atoms with Crippen molar-refractivity contribution in [2.75, 3.05) is 0 Å². The second-order valence-electron chi connectivity index (χ2n) is 5.41. The number of hydrogen-bond donors (Lipinski definition) is 4. The van der Waals surface area contributed by atoms with Crippen molar-refractivity contribution in [1.82, 2.24) is 5.48 Å². The van der Waals surface area contributed by atoms with Crippen molar-refractivity contribution in [3.05, 3.63) is 65.7 Å². The van der Waals surface area contributed by atoms with Gasteiger partial charge in [-0.15, -0.1) is 0 Å². The summed E-state index contributed by atoms with van der Waals surface area (Å²) in [7, 11) is 0. The number of fused-ring (bicyclic) bond motifs is 1. The number of nitrogens with one attached hydrogen (secondary N) is 1. The topological polar surface area (TPSA) is 99.0 Å². The highest BCUT2D eigenvalue weighted by atomic mass is 19.1. The maximum absolute atomic E-state index is 13.7. The lowest BCUT2D eigenvalue weighted by Gasteiger charge is -2.35. The van der Waals surface area contributed by atoms with E-state index in [0.29, 0.717) is 5.56 Å². The SMILES string of the molecule is O=C(CC1(O)C(c2ccc(O)cc2)=COc2ccc(F)cc21)NO. The van der Waals surface area contributed by atoms with Gasteiger partial charge in [-0.2, -0.15) is 0 Å². The number of benzene rings is 2. The first kappa shape index (κ1) is 16.0. The molecular weight excluding hydrogens is 317 g/mol. The first-order valence-corrected chi connectivity index (χ1v) is 7.06. The van der Waals surface area contributed by atoms with Gasteiger partial charge in [-0.25, -0.2) is 9.87 Å². The number of ether oxygens (including phenoxy) is 1. The number of halogens is 1. The Labute approximate surface area is 136 Å². The molecule has 0 fully saturated rings. The van der Waals surface area contributed by atoms with E-state index in [0.717, 1.165) is 6.07 Å². The Balaban J connectivity index is 2.15. The minimum absolute atomic E-state index is 0.0270. The van der Waals surface area contributed by atoms with Crippen LogP contribution in [0.25, 0.3) is 5.57 Å². The summed E-state index contributed by atoms with van der Waals surface area (Å²) in [6.45, 7) is 0. The van der Waals surface area contributed by atoms with E-state index >= 15 is 0 Å². The molecule has 1 aliphatic rings. The standard InChI is InChI=1S/C17H14FNO5/c18-11-3-6-15-13(7-11)17(22,8-16(21)19-23)14(9-24-15)10-1-4-12(20)5-2-10/h1-7,9,20,22-23H,8H2,(H,19,21). The number of phenols is 1. The summed E-state index contributed by atoms with van der Waals surface area (Å²) in [5.41, 5.74) is 0.279. The Bertz CT molecular complexity index is 818. The number of hydrogen-bond acceptors (Lipinski definition) is 5. The zero-order valence-corrected chi connectivity index (χ0v) is 12.4. The van der Waals surface area contributed by atoms with Gasteiger partial charge in [-0.3, -0.25) is 10.0 Å². The van der Waals surface area contributed by atoms with Crippen LogP contribution in [0.1, 0.15) is 17.5 Å². The summed E-state index contributed by atoms with van der Waals surface area (Å²) in [6.07, 6.45) is 0.716. The highest BCUT2D eigenvalue weighted by molar-refractivity contribution is 5.84. The van der Waals surface area contributed by atoms with Gasteiger partial charge in [0, 0.05) is 11.1 Å². The van der Waals surface area contributed by atoms with Crippen LogP contribution in [0.5, 0.6) is 11.5 Å². The zero-order valence-electron chi connectivity index (χ0n) is 12.4. The van der Waals surface area contributed by atoms with Gasteiger partial charge in [0.2, 0.25) is 5.91 Å². The predicted octanol–water partition coefficient (Wildman–Crippen LogP) is 2.05. The van der Waals surface area contributed by atoms with Gasteiger partial charge in [-0.05, 0) is 35.9 Å². The minimum Gasteiger partial charge on any atom is -0.508 e. The number of rotatable bonds is 3. The summed E-state index contributed by atoms with van der Waals surface area (Å²) in [4.78, 5) is 11.7. The van der Waals surface area contributed by atoms with Crippen molar-refractivity contribution >= 4 is 11.5 Å². The van der Waals surface area contributed by atoms with E-state index in [2.05, 4.69) is 0 Å². The molecule has 6 nitrogen and oxygen atoms in total. The first-order chi connectivity index (χ1) is 11.4. The van der Waals surface area contributed by atoms with Crippen LogP contribution in [0.15, 0.2) is 48.7 Å². The molecule has 1 aliphatic heterocycles. The van der Waals surface area contributed by atoms with Crippen LogP contribution < -0.4 is 10.2 Å². The van der Waals surface area contributed by atoms with Crippen molar-refractivity contribution < 1.29 is 29.3 Å². The zero-order chi connectivity index (χ0) is 17.3. The monoisotopic (exact) mass is 331 g/mol. The third-order valence-electron chi connectivity index (χ3n) is 3.86. The number of hydroxylamine groups is 1. The fraction of sp³-hybridized carbons (Fsp3) is 0.118. The number of amides is 1. The number of phenolic OH excluding ortho intramolecular Hbond substituents is 1. The molecule has 1 amide bonds. The first-order valence-electron chi connectivity index (χ1n) is 7.06. The van der Waals surface area contributed by atoms with E-state index in [9.17, 15) is 19.4 Å². The van der Waals surface area contributed by atoms with Crippen molar-refractivity contribution in [2.45, 2.75) is 12.0 Å². The van der Waals surface area contributed by atoms with Crippen LogP contribution in [0.4, 0.5) is 4.39 Å². The third kappa shape index (κ3) is 2.70. The summed E-state index contributed by atoms with van der Waals surface area (Å²) >= 11 is 0. The van der Waals surface area contributed by atoms with Crippen LogP contribution >= 0.6 is 0 Å². The molecule has 0 spiro atoms. The average Bonchev–Trinajstić information content (AvgIpc) is 2.57. The molecule has 3 rings (SSSR count). The average molecular weight is 331 g/mol. The fourth-order valence-electron chi connectivity index (χ4n) is 2.70. The van der Waals surface area contributed by atoms with Gasteiger partial charge in [0.25, 0.3) is 0 Å².